The SMILES string of the molecule is COc1ccc(-n2c(SCCN(C)C)nnc2-c2cc(C(C)C)c(C)cc2C)cc1. The maximum absolute atomic E-state index is 5.35. The van der Waals surface area contributed by atoms with Crippen LogP contribution in [0.4, 0.5) is 0 Å². The van der Waals surface area contributed by atoms with Gasteiger partial charge in [-0.1, -0.05) is 31.7 Å². The van der Waals surface area contributed by atoms with Crippen molar-refractivity contribution in [3.63, 3.8) is 0 Å². The van der Waals surface area contributed by atoms with Gasteiger partial charge in [0.05, 0.1) is 7.11 Å². The van der Waals surface area contributed by atoms with Gasteiger partial charge in [-0.05, 0) is 80.9 Å². The number of hydrogen-bond donors (Lipinski definition) is 0. The molecule has 0 spiro atoms. The lowest BCUT2D eigenvalue weighted by atomic mass is 9.93. The third-order valence-corrected chi connectivity index (χ3v) is 6.12. The maximum atomic E-state index is 5.35. The van der Waals surface area contributed by atoms with E-state index in [1.54, 1.807) is 18.9 Å². The molecule has 3 aromatic rings. The molecule has 0 N–H and O–H groups in total. The molecule has 0 radical (unpaired) electrons. The molecule has 0 bridgehead atoms. The fourth-order valence-electron chi connectivity index (χ4n) is 3.55. The minimum absolute atomic E-state index is 0.454. The van der Waals surface area contributed by atoms with Crippen molar-refractivity contribution >= 4 is 11.8 Å². The average molecular weight is 425 g/mol. The highest BCUT2D eigenvalue weighted by molar-refractivity contribution is 7.99. The molecule has 2 aromatic carbocycles. The van der Waals surface area contributed by atoms with Gasteiger partial charge in [-0.25, -0.2) is 0 Å². The van der Waals surface area contributed by atoms with Gasteiger partial charge in [0.15, 0.2) is 11.0 Å². The number of benzene rings is 2. The summed E-state index contributed by atoms with van der Waals surface area (Å²) in [6.45, 7) is 9.79. The third kappa shape index (κ3) is 4.87. The minimum Gasteiger partial charge on any atom is -0.497 e. The van der Waals surface area contributed by atoms with Crippen LogP contribution in [0.1, 0.15) is 36.5 Å². The Hall–Kier alpha value is -2.31. The second-order valence-corrected chi connectivity index (χ2v) is 9.23. The molecule has 0 aliphatic rings. The predicted octanol–water partition coefficient (Wildman–Crippen LogP) is 5.34. The third-order valence-electron chi connectivity index (χ3n) is 5.21. The maximum Gasteiger partial charge on any atom is 0.196 e. The summed E-state index contributed by atoms with van der Waals surface area (Å²) in [5.41, 5.74) is 6.05. The minimum atomic E-state index is 0.454. The summed E-state index contributed by atoms with van der Waals surface area (Å²) in [4.78, 5) is 2.18. The number of rotatable bonds is 8. The van der Waals surface area contributed by atoms with E-state index in [0.29, 0.717) is 5.92 Å². The summed E-state index contributed by atoms with van der Waals surface area (Å²) < 4.78 is 7.51. The van der Waals surface area contributed by atoms with Gasteiger partial charge in [0.2, 0.25) is 0 Å². The molecule has 0 saturated heterocycles. The van der Waals surface area contributed by atoms with Crippen molar-refractivity contribution in [3.8, 4) is 22.8 Å². The summed E-state index contributed by atoms with van der Waals surface area (Å²) >= 11 is 1.73. The zero-order valence-corrected chi connectivity index (χ0v) is 19.9. The van der Waals surface area contributed by atoms with E-state index in [9.17, 15) is 0 Å². The van der Waals surface area contributed by atoms with Crippen molar-refractivity contribution in [2.75, 3.05) is 33.5 Å². The van der Waals surface area contributed by atoms with E-state index in [1.165, 1.54) is 16.7 Å². The van der Waals surface area contributed by atoms with E-state index in [4.69, 9.17) is 4.74 Å². The van der Waals surface area contributed by atoms with Crippen LogP contribution in [0.2, 0.25) is 0 Å². The monoisotopic (exact) mass is 424 g/mol. The fraction of sp³-hybridized carbons (Fsp3) is 0.417. The highest BCUT2D eigenvalue weighted by atomic mass is 32.2. The van der Waals surface area contributed by atoms with Crippen LogP contribution in [0.15, 0.2) is 41.6 Å². The van der Waals surface area contributed by atoms with Crippen LogP contribution in [-0.4, -0.2) is 53.2 Å². The molecule has 1 aromatic heterocycles. The first-order valence-corrected chi connectivity index (χ1v) is 11.3. The summed E-state index contributed by atoms with van der Waals surface area (Å²) in [7, 11) is 5.86. The Balaban J connectivity index is 2.12. The summed E-state index contributed by atoms with van der Waals surface area (Å²) in [6.07, 6.45) is 0. The molecule has 0 fully saturated rings. The highest BCUT2D eigenvalue weighted by Crippen LogP contribution is 2.33. The van der Waals surface area contributed by atoms with Gasteiger partial charge in [0, 0.05) is 23.5 Å². The Morgan fingerprint density at radius 3 is 2.33 bits per heavy atom. The Labute approximate surface area is 184 Å². The molecule has 30 heavy (non-hydrogen) atoms. The Kier molecular flexibility index (Phi) is 7.21. The van der Waals surface area contributed by atoms with E-state index in [0.717, 1.165) is 40.3 Å². The summed E-state index contributed by atoms with van der Waals surface area (Å²) in [6, 6.07) is 12.6. The Morgan fingerprint density at radius 2 is 1.73 bits per heavy atom. The van der Waals surface area contributed by atoms with Crippen LogP contribution in [0, 0.1) is 13.8 Å². The lowest BCUT2D eigenvalue weighted by Crippen LogP contribution is -2.15. The van der Waals surface area contributed by atoms with Crippen LogP contribution in [0.3, 0.4) is 0 Å². The molecule has 0 saturated carbocycles. The molecule has 1 heterocycles. The second-order valence-electron chi connectivity index (χ2n) is 8.17. The molecule has 160 valence electrons. The van der Waals surface area contributed by atoms with Crippen LogP contribution >= 0.6 is 11.8 Å². The van der Waals surface area contributed by atoms with E-state index >= 15 is 0 Å². The number of ether oxygens (including phenoxy) is 1. The number of methoxy groups -OCH3 is 1. The smallest absolute Gasteiger partial charge is 0.196 e. The van der Waals surface area contributed by atoms with Gasteiger partial charge in [0.25, 0.3) is 0 Å². The zero-order chi connectivity index (χ0) is 21.8. The van der Waals surface area contributed by atoms with E-state index in [2.05, 4.69) is 85.7 Å². The molecule has 0 amide bonds. The first-order valence-electron chi connectivity index (χ1n) is 10.3. The van der Waals surface area contributed by atoms with E-state index < -0.39 is 0 Å². The zero-order valence-electron chi connectivity index (χ0n) is 19.1. The number of aromatic nitrogens is 3. The Morgan fingerprint density at radius 1 is 1.03 bits per heavy atom. The molecule has 0 unspecified atom stereocenters. The molecule has 0 atom stereocenters. The van der Waals surface area contributed by atoms with Crippen molar-refractivity contribution in [1.29, 1.82) is 0 Å². The first-order chi connectivity index (χ1) is 14.3. The number of nitrogens with zero attached hydrogens (tertiary/aromatic N) is 4. The van der Waals surface area contributed by atoms with Crippen LogP contribution in [0.5, 0.6) is 5.75 Å². The van der Waals surface area contributed by atoms with Crippen molar-refractivity contribution in [3.05, 3.63) is 53.1 Å². The fourth-order valence-corrected chi connectivity index (χ4v) is 4.61. The normalized spacial score (nSPS) is 11.5. The molecule has 5 nitrogen and oxygen atoms in total. The molecule has 3 rings (SSSR count). The van der Waals surface area contributed by atoms with Gasteiger partial charge in [0.1, 0.15) is 5.75 Å². The van der Waals surface area contributed by atoms with E-state index in [-0.39, 0.29) is 0 Å². The van der Waals surface area contributed by atoms with Crippen molar-refractivity contribution in [2.45, 2.75) is 38.8 Å². The van der Waals surface area contributed by atoms with E-state index in [1.807, 2.05) is 12.1 Å². The van der Waals surface area contributed by atoms with Gasteiger partial charge in [-0.2, -0.15) is 0 Å². The number of thioether (sulfide) groups is 1. The average Bonchev–Trinajstić information content (AvgIpc) is 3.11. The molecular weight excluding hydrogens is 392 g/mol. The number of aryl methyl sites for hydroxylation is 2. The first kappa shape index (κ1) is 22.4. The lowest BCUT2D eigenvalue weighted by Gasteiger charge is -2.16. The van der Waals surface area contributed by atoms with Gasteiger partial charge < -0.3 is 9.64 Å². The standard InChI is InChI=1S/C24H32N4OS/c1-16(2)21-15-22(18(4)14-17(21)3)23-25-26-24(30-13-12-27(5)6)28(23)19-8-10-20(29-7)11-9-19/h8-11,14-16H,12-13H2,1-7H3. The van der Waals surface area contributed by atoms with Crippen LogP contribution in [-0.2, 0) is 0 Å². The van der Waals surface area contributed by atoms with Crippen LogP contribution in [0.25, 0.3) is 17.1 Å². The largest absolute Gasteiger partial charge is 0.497 e. The predicted molar refractivity (Wildman–Crippen MR) is 126 cm³/mol. The van der Waals surface area contributed by atoms with Crippen LogP contribution < -0.4 is 4.74 Å². The summed E-state index contributed by atoms with van der Waals surface area (Å²) in [5, 5.41) is 10.1. The van der Waals surface area contributed by atoms with Gasteiger partial charge in [-0.15, -0.1) is 10.2 Å². The molecule has 0 aliphatic carbocycles. The Bertz CT molecular complexity index is 993. The van der Waals surface area contributed by atoms with Crippen molar-refractivity contribution < 1.29 is 4.74 Å². The summed E-state index contributed by atoms with van der Waals surface area (Å²) in [5.74, 6) is 3.12. The molecular formula is C24H32N4OS. The molecule has 0 aliphatic heterocycles. The van der Waals surface area contributed by atoms with Gasteiger partial charge >= 0.3 is 0 Å². The number of hydrogen-bond acceptors (Lipinski definition) is 5. The molecule has 6 heteroatoms. The highest BCUT2D eigenvalue weighted by Gasteiger charge is 2.19. The van der Waals surface area contributed by atoms with Crippen molar-refractivity contribution in [2.24, 2.45) is 0 Å². The van der Waals surface area contributed by atoms with Gasteiger partial charge in [-0.3, -0.25) is 4.57 Å². The van der Waals surface area contributed by atoms with Crippen molar-refractivity contribution in [1.82, 2.24) is 19.7 Å². The lowest BCUT2D eigenvalue weighted by molar-refractivity contribution is 0.414. The quantitative estimate of drug-likeness (QED) is 0.457. The topological polar surface area (TPSA) is 43.2 Å². The second kappa shape index (κ2) is 9.67.